The summed E-state index contributed by atoms with van der Waals surface area (Å²) in [4.78, 5) is 30.2. The van der Waals surface area contributed by atoms with E-state index in [2.05, 4.69) is 10.2 Å². The van der Waals surface area contributed by atoms with Crippen LogP contribution in [0, 0.1) is 0 Å². The predicted octanol–water partition coefficient (Wildman–Crippen LogP) is 2.18. The van der Waals surface area contributed by atoms with Crippen LogP contribution in [0.15, 0.2) is 24.3 Å². The number of halogens is 1. The number of carbonyl (C=O) groups is 2. The third-order valence-electron chi connectivity index (χ3n) is 4.84. The number of nitrogens with one attached hydrogen (secondary N) is 1. The SMILES string of the molecule is O=C(CNC(=O)N1CCN(c2cccc(Cl)c2)CC1)N1CCCCC1. The lowest BCUT2D eigenvalue weighted by Gasteiger charge is -2.36. The van der Waals surface area contributed by atoms with Crippen LogP contribution in [0.1, 0.15) is 19.3 Å². The zero-order chi connectivity index (χ0) is 17.6. The van der Waals surface area contributed by atoms with E-state index in [0.29, 0.717) is 18.1 Å². The van der Waals surface area contributed by atoms with Crippen molar-refractivity contribution >= 4 is 29.2 Å². The number of hydrogen-bond donors (Lipinski definition) is 1. The van der Waals surface area contributed by atoms with E-state index in [1.165, 1.54) is 6.42 Å². The summed E-state index contributed by atoms with van der Waals surface area (Å²) in [5.74, 6) is 0.0191. The van der Waals surface area contributed by atoms with Crippen LogP contribution in [0.4, 0.5) is 10.5 Å². The van der Waals surface area contributed by atoms with Crippen molar-refractivity contribution < 1.29 is 9.59 Å². The van der Waals surface area contributed by atoms with Crippen LogP contribution in [0.5, 0.6) is 0 Å². The molecular formula is C18H25ClN4O2. The highest BCUT2D eigenvalue weighted by molar-refractivity contribution is 6.30. The topological polar surface area (TPSA) is 55.9 Å². The van der Waals surface area contributed by atoms with Gasteiger partial charge in [-0.05, 0) is 37.5 Å². The monoisotopic (exact) mass is 364 g/mol. The molecule has 2 aliphatic rings. The van der Waals surface area contributed by atoms with Crippen LogP contribution in [0.2, 0.25) is 5.02 Å². The largest absolute Gasteiger partial charge is 0.368 e. The average Bonchev–Trinajstić information content (AvgIpc) is 2.66. The lowest BCUT2D eigenvalue weighted by atomic mass is 10.1. The molecule has 6 nitrogen and oxygen atoms in total. The molecule has 1 aromatic carbocycles. The van der Waals surface area contributed by atoms with Crippen molar-refractivity contribution in [2.24, 2.45) is 0 Å². The van der Waals surface area contributed by atoms with Crippen molar-refractivity contribution in [3.63, 3.8) is 0 Å². The summed E-state index contributed by atoms with van der Waals surface area (Å²) in [6, 6.07) is 7.60. The summed E-state index contributed by atoms with van der Waals surface area (Å²) >= 11 is 6.04. The van der Waals surface area contributed by atoms with Crippen molar-refractivity contribution in [1.82, 2.24) is 15.1 Å². The third-order valence-corrected chi connectivity index (χ3v) is 5.07. The molecule has 2 heterocycles. The zero-order valence-corrected chi connectivity index (χ0v) is 15.2. The number of rotatable bonds is 3. The minimum Gasteiger partial charge on any atom is -0.368 e. The molecule has 2 saturated heterocycles. The number of nitrogens with zero attached hydrogens (tertiary/aromatic N) is 3. The number of anilines is 1. The van der Waals surface area contributed by atoms with Gasteiger partial charge in [0.15, 0.2) is 0 Å². The first-order valence-electron chi connectivity index (χ1n) is 8.94. The van der Waals surface area contributed by atoms with Gasteiger partial charge in [0.1, 0.15) is 0 Å². The minimum absolute atomic E-state index is 0.0191. The van der Waals surface area contributed by atoms with Crippen LogP contribution in [0.3, 0.4) is 0 Å². The lowest BCUT2D eigenvalue weighted by Crippen LogP contribution is -2.53. The Bertz CT molecular complexity index is 611. The molecule has 0 radical (unpaired) electrons. The molecule has 0 aromatic heterocycles. The molecule has 0 spiro atoms. The standard InChI is InChI=1S/C18H25ClN4O2/c19-15-5-4-6-16(13-15)21-9-11-23(12-10-21)18(25)20-14-17(24)22-7-2-1-3-8-22/h4-6,13H,1-3,7-12,14H2,(H,20,25). The highest BCUT2D eigenvalue weighted by Crippen LogP contribution is 2.20. The molecule has 3 rings (SSSR count). The van der Waals surface area contributed by atoms with Gasteiger partial charge in [0.25, 0.3) is 0 Å². The van der Waals surface area contributed by atoms with Crippen LogP contribution in [0.25, 0.3) is 0 Å². The number of benzene rings is 1. The summed E-state index contributed by atoms with van der Waals surface area (Å²) in [5.41, 5.74) is 1.08. The fourth-order valence-corrected chi connectivity index (χ4v) is 3.54. The summed E-state index contributed by atoms with van der Waals surface area (Å²) in [6.45, 7) is 4.50. The number of carbonyl (C=O) groups excluding carboxylic acids is 2. The molecule has 1 aromatic rings. The molecule has 1 N–H and O–H groups in total. The van der Waals surface area contributed by atoms with Crippen molar-refractivity contribution in [3.05, 3.63) is 29.3 Å². The Morgan fingerprint density at radius 2 is 1.68 bits per heavy atom. The van der Waals surface area contributed by atoms with Gasteiger partial charge in [-0.15, -0.1) is 0 Å². The Kier molecular flexibility index (Phi) is 6.02. The van der Waals surface area contributed by atoms with E-state index < -0.39 is 0 Å². The van der Waals surface area contributed by atoms with Crippen molar-refractivity contribution in [3.8, 4) is 0 Å². The average molecular weight is 365 g/mol. The van der Waals surface area contributed by atoms with Gasteiger partial charge in [-0.25, -0.2) is 4.79 Å². The Hall–Kier alpha value is -1.95. The molecule has 3 amide bonds. The second kappa shape index (κ2) is 8.43. The Balaban J connectivity index is 1.43. The molecule has 136 valence electrons. The number of urea groups is 1. The van der Waals surface area contributed by atoms with E-state index in [0.717, 1.165) is 44.7 Å². The maximum absolute atomic E-state index is 12.3. The zero-order valence-electron chi connectivity index (χ0n) is 14.4. The maximum Gasteiger partial charge on any atom is 0.317 e. The van der Waals surface area contributed by atoms with Crippen LogP contribution in [-0.2, 0) is 4.79 Å². The summed E-state index contributed by atoms with van der Waals surface area (Å²) < 4.78 is 0. The number of piperazine rings is 1. The number of piperidine rings is 1. The number of likely N-dealkylation sites (tertiary alicyclic amines) is 1. The second-order valence-corrected chi connectivity index (χ2v) is 6.99. The summed E-state index contributed by atoms with van der Waals surface area (Å²) in [6.07, 6.45) is 3.31. The van der Waals surface area contributed by atoms with E-state index in [1.807, 2.05) is 29.2 Å². The Morgan fingerprint density at radius 3 is 2.36 bits per heavy atom. The molecule has 0 atom stereocenters. The molecule has 0 bridgehead atoms. The van der Waals surface area contributed by atoms with Gasteiger partial charge in [0.05, 0.1) is 6.54 Å². The smallest absolute Gasteiger partial charge is 0.317 e. The Labute approximate surface area is 153 Å². The molecule has 0 unspecified atom stereocenters. The van der Waals surface area contributed by atoms with E-state index >= 15 is 0 Å². The van der Waals surface area contributed by atoms with Gasteiger partial charge in [0.2, 0.25) is 5.91 Å². The van der Waals surface area contributed by atoms with Gasteiger partial charge in [-0.1, -0.05) is 17.7 Å². The van der Waals surface area contributed by atoms with Gasteiger partial charge in [-0.3, -0.25) is 4.79 Å². The fourth-order valence-electron chi connectivity index (χ4n) is 3.36. The predicted molar refractivity (Wildman–Crippen MR) is 99.1 cm³/mol. The van der Waals surface area contributed by atoms with Gasteiger partial charge in [0, 0.05) is 50.0 Å². The van der Waals surface area contributed by atoms with Crippen LogP contribution >= 0.6 is 11.6 Å². The van der Waals surface area contributed by atoms with E-state index in [4.69, 9.17) is 11.6 Å². The van der Waals surface area contributed by atoms with Crippen LogP contribution < -0.4 is 10.2 Å². The van der Waals surface area contributed by atoms with Gasteiger partial charge in [-0.2, -0.15) is 0 Å². The van der Waals surface area contributed by atoms with E-state index in [-0.39, 0.29) is 18.5 Å². The van der Waals surface area contributed by atoms with E-state index in [9.17, 15) is 9.59 Å². The quantitative estimate of drug-likeness (QED) is 0.894. The van der Waals surface area contributed by atoms with Gasteiger partial charge >= 0.3 is 6.03 Å². The molecule has 0 saturated carbocycles. The highest BCUT2D eigenvalue weighted by atomic mass is 35.5. The van der Waals surface area contributed by atoms with Gasteiger partial charge < -0.3 is 20.0 Å². The van der Waals surface area contributed by atoms with Crippen molar-refractivity contribution in [1.29, 1.82) is 0 Å². The molecule has 2 aliphatic heterocycles. The number of hydrogen-bond acceptors (Lipinski definition) is 3. The first-order chi connectivity index (χ1) is 12.1. The Morgan fingerprint density at radius 1 is 0.960 bits per heavy atom. The minimum atomic E-state index is -0.156. The third kappa shape index (κ3) is 4.78. The van der Waals surface area contributed by atoms with E-state index in [1.54, 1.807) is 4.90 Å². The normalized spacial score (nSPS) is 18.2. The molecule has 0 aliphatic carbocycles. The maximum atomic E-state index is 12.3. The summed E-state index contributed by atoms with van der Waals surface area (Å²) in [5, 5.41) is 3.49. The van der Waals surface area contributed by atoms with Crippen molar-refractivity contribution in [2.45, 2.75) is 19.3 Å². The second-order valence-electron chi connectivity index (χ2n) is 6.55. The molecule has 25 heavy (non-hydrogen) atoms. The van der Waals surface area contributed by atoms with Crippen LogP contribution in [-0.4, -0.2) is 67.6 Å². The highest BCUT2D eigenvalue weighted by Gasteiger charge is 2.23. The summed E-state index contributed by atoms with van der Waals surface area (Å²) in [7, 11) is 0. The lowest BCUT2D eigenvalue weighted by molar-refractivity contribution is -0.130. The molecular weight excluding hydrogens is 340 g/mol. The number of amides is 3. The fraction of sp³-hybridized carbons (Fsp3) is 0.556. The first-order valence-corrected chi connectivity index (χ1v) is 9.32. The first kappa shape index (κ1) is 17.9. The molecule has 7 heteroatoms. The molecule has 2 fully saturated rings. The van der Waals surface area contributed by atoms with Crippen molar-refractivity contribution in [2.75, 3.05) is 50.7 Å².